The van der Waals surface area contributed by atoms with E-state index in [4.69, 9.17) is 0 Å². The Morgan fingerprint density at radius 3 is 2.68 bits per heavy atom. The number of hydrogen-bond donors (Lipinski definition) is 1. The van der Waals surface area contributed by atoms with Crippen LogP contribution in [0.25, 0.3) is 0 Å². The summed E-state index contributed by atoms with van der Waals surface area (Å²) in [6.07, 6.45) is 9.84. The molecule has 122 valence electrons. The Morgan fingerprint density at radius 2 is 1.95 bits per heavy atom. The summed E-state index contributed by atoms with van der Waals surface area (Å²) in [6, 6.07) is 0.359. The number of nitrogens with zero attached hydrogens (tertiary/aromatic N) is 3. The van der Waals surface area contributed by atoms with Crippen LogP contribution in [0.5, 0.6) is 0 Å². The van der Waals surface area contributed by atoms with Crippen LogP contribution in [0.2, 0.25) is 0 Å². The molecule has 0 radical (unpaired) electrons. The van der Waals surface area contributed by atoms with Gasteiger partial charge in [-0.1, -0.05) is 12.8 Å². The molecule has 1 saturated carbocycles. The van der Waals surface area contributed by atoms with Crippen LogP contribution in [0.4, 0.5) is 0 Å². The zero-order valence-corrected chi connectivity index (χ0v) is 13.4. The molecule has 1 aliphatic heterocycles. The number of aromatic nitrogens is 2. The van der Waals surface area contributed by atoms with E-state index in [-0.39, 0.29) is 11.7 Å². The van der Waals surface area contributed by atoms with E-state index in [0.29, 0.717) is 17.5 Å². The molecule has 2 aliphatic rings. The van der Waals surface area contributed by atoms with Crippen LogP contribution in [-0.2, 0) is 6.54 Å². The van der Waals surface area contributed by atoms with Crippen molar-refractivity contribution in [2.45, 2.75) is 64.1 Å². The summed E-state index contributed by atoms with van der Waals surface area (Å²) in [7, 11) is 0. The number of likely N-dealkylation sites (tertiary alicyclic amines) is 1. The van der Waals surface area contributed by atoms with Crippen molar-refractivity contribution >= 4 is 0 Å². The maximum Gasteiger partial charge on any atom is 0.256 e. The lowest BCUT2D eigenvalue weighted by Gasteiger charge is -2.41. The molecule has 1 aromatic rings. The monoisotopic (exact) mass is 305 g/mol. The molecule has 2 atom stereocenters. The van der Waals surface area contributed by atoms with Crippen molar-refractivity contribution in [1.29, 1.82) is 0 Å². The van der Waals surface area contributed by atoms with Crippen molar-refractivity contribution in [2.24, 2.45) is 5.92 Å². The third kappa shape index (κ3) is 3.41. The molecular formula is C17H27N3O2. The summed E-state index contributed by atoms with van der Waals surface area (Å²) in [6.45, 7) is 4.67. The standard InChI is InChI=1S/C17H27N3O2/c1-13-10-18-12-20(17(13)22)11-14-6-8-19(9-7-14)15-4-2-3-5-16(15)21/h10,12,14-16,21H,2-9,11H2,1H3. The summed E-state index contributed by atoms with van der Waals surface area (Å²) in [5.41, 5.74) is 0.797. The quantitative estimate of drug-likeness (QED) is 0.921. The first-order valence-corrected chi connectivity index (χ1v) is 8.58. The fourth-order valence-electron chi connectivity index (χ4n) is 3.95. The normalized spacial score (nSPS) is 27.9. The second-order valence-corrected chi connectivity index (χ2v) is 6.93. The van der Waals surface area contributed by atoms with E-state index < -0.39 is 0 Å². The van der Waals surface area contributed by atoms with Gasteiger partial charge in [-0.05, 0) is 51.6 Å². The first kappa shape index (κ1) is 15.7. The third-order valence-corrected chi connectivity index (χ3v) is 5.34. The van der Waals surface area contributed by atoms with Gasteiger partial charge in [0.15, 0.2) is 0 Å². The number of rotatable bonds is 3. The van der Waals surface area contributed by atoms with Crippen molar-refractivity contribution in [3.05, 3.63) is 28.4 Å². The molecule has 0 aromatic carbocycles. The predicted molar refractivity (Wildman–Crippen MR) is 85.8 cm³/mol. The first-order chi connectivity index (χ1) is 10.6. The SMILES string of the molecule is Cc1cncn(CC2CCN(C3CCCCC3O)CC2)c1=O. The summed E-state index contributed by atoms with van der Waals surface area (Å²) < 4.78 is 1.76. The summed E-state index contributed by atoms with van der Waals surface area (Å²) in [5, 5.41) is 10.2. The average Bonchev–Trinajstić information content (AvgIpc) is 2.53. The lowest BCUT2D eigenvalue weighted by atomic mass is 9.88. The van der Waals surface area contributed by atoms with Crippen molar-refractivity contribution in [3.63, 3.8) is 0 Å². The Kier molecular flexibility index (Phi) is 4.93. The number of piperidine rings is 1. The fraction of sp³-hybridized carbons (Fsp3) is 0.765. The maximum absolute atomic E-state index is 12.1. The lowest BCUT2D eigenvalue weighted by molar-refractivity contribution is 0.00272. The molecule has 2 heterocycles. The van der Waals surface area contributed by atoms with Crippen LogP contribution in [0, 0.1) is 12.8 Å². The topological polar surface area (TPSA) is 58.4 Å². The van der Waals surface area contributed by atoms with Gasteiger partial charge in [-0.25, -0.2) is 4.98 Å². The van der Waals surface area contributed by atoms with E-state index in [1.165, 1.54) is 6.42 Å². The maximum atomic E-state index is 12.1. The van der Waals surface area contributed by atoms with Gasteiger partial charge in [0, 0.05) is 24.3 Å². The van der Waals surface area contributed by atoms with Gasteiger partial charge in [-0.3, -0.25) is 14.3 Å². The van der Waals surface area contributed by atoms with Crippen LogP contribution in [0.15, 0.2) is 17.3 Å². The molecule has 5 nitrogen and oxygen atoms in total. The van der Waals surface area contributed by atoms with E-state index in [0.717, 1.165) is 51.7 Å². The molecule has 3 rings (SSSR count). The molecular weight excluding hydrogens is 278 g/mol. The minimum Gasteiger partial charge on any atom is -0.391 e. The van der Waals surface area contributed by atoms with E-state index in [2.05, 4.69) is 9.88 Å². The Bertz CT molecular complexity index is 549. The molecule has 2 fully saturated rings. The third-order valence-electron chi connectivity index (χ3n) is 5.34. The van der Waals surface area contributed by atoms with Gasteiger partial charge >= 0.3 is 0 Å². The van der Waals surface area contributed by atoms with Gasteiger partial charge in [0.05, 0.1) is 12.4 Å². The first-order valence-electron chi connectivity index (χ1n) is 8.58. The predicted octanol–water partition coefficient (Wildman–Crippen LogP) is 1.57. The lowest BCUT2D eigenvalue weighted by Crippen LogP contribution is -2.49. The summed E-state index contributed by atoms with van der Waals surface area (Å²) in [4.78, 5) is 18.7. The summed E-state index contributed by atoms with van der Waals surface area (Å²) >= 11 is 0. The average molecular weight is 305 g/mol. The number of aliphatic hydroxyl groups is 1. The molecule has 2 unspecified atom stereocenters. The van der Waals surface area contributed by atoms with Crippen molar-refractivity contribution < 1.29 is 5.11 Å². The number of hydrogen-bond acceptors (Lipinski definition) is 4. The van der Waals surface area contributed by atoms with Crippen molar-refractivity contribution in [1.82, 2.24) is 14.5 Å². The Labute approximate surface area is 132 Å². The van der Waals surface area contributed by atoms with Gasteiger partial charge in [0.25, 0.3) is 5.56 Å². The van der Waals surface area contributed by atoms with Crippen LogP contribution >= 0.6 is 0 Å². The molecule has 1 N–H and O–H groups in total. The zero-order valence-electron chi connectivity index (χ0n) is 13.4. The highest BCUT2D eigenvalue weighted by Gasteiger charge is 2.31. The minimum atomic E-state index is -0.145. The van der Waals surface area contributed by atoms with Gasteiger partial charge in [0.1, 0.15) is 0 Å². The van der Waals surface area contributed by atoms with Gasteiger partial charge in [-0.15, -0.1) is 0 Å². The molecule has 0 spiro atoms. The van der Waals surface area contributed by atoms with E-state index in [9.17, 15) is 9.90 Å². The number of aryl methyl sites for hydroxylation is 1. The highest BCUT2D eigenvalue weighted by Crippen LogP contribution is 2.27. The minimum absolute atomic E-state index is 0.0835. The molecule has 1 saturated heterocycles. The molecule has 0 bridgehead atoms. The second kappa shape index (κ2) is 6.92. The Morgan fingerprint density at radius 1 is 1.23 bits per heavy atom. The van der Waals surface area contributed by atoms with Gasteiger partial charge in [-0.2, -0.15) is 0 Å². The Hall–Kier alpha value is -1.20. The second-order valence-electron chi connectivity index (χ2n) is 6.93. The number of aliphatic hydroxyl groups excluding tert-OH is 1. The summed E-state index contributed by atoms with van der Waals surface area (Å²) in [5.74, 6) is 0.540. The van der Waals surface area contributed by atoms with Crippen LogP contribution in [0.3, 0.4) is 0 Å². The molecule has 0 amide bonds. The highest BCUT2D eigenvalue weighted by atomic mass is 16.3. The van der Waals surface area contributed by atoms with Crippen LogP contribution in [-0.4, -0.2) is 44.8 Å². The molecule has 22 heavy (non-hydrogen) atoms. The fourth-order valence-corrected chi connectivity index (χ4v) is 3.95. The Balaban J connectivity index is 1.55. The van der Waals surface area contributed by atoms with E-state index in [1.54, 1.807) is 17.1 Å². The molecule has 1 aliphatic carbocycles. The van der Waals surface area contributed by atoms with Crippen LogP contribution < -0.4 is 5.56 Å². The van der Waals surface area contributed by atoms with Crippen molar-refractivity contribution in [2.75, 3.05) is 13.1 Å². The van der Waals surface area contributed by atoms with Crippen LogP contribution in [0.1, 0.15) is 44.1 Å². The molecule has 5 heteroatoms. The van der Waals surface area contributed by atoms with Gasteiger partial charge in [0.2, 0.25) is 0 Å². The smallest absolute Gasteiger partial charge is 0.256 e. The highest BCUT2D eigenvalue weighted by molar-refractivity contribution is 5.00. The largest absolute Gasteiger partial charge is 0.391 e. The zero-order chi connectivity index (χ0) is 15.5. The van der Waals surface area contributed by atoms with Gasteiger partial charge < -0.3 is 5.11 Å². The molecule has 1 aromatic heterocycles. The van der Waals surface area contributed by atoms with E-state index >= 15 is 0 Å². The van der Waals surface area contributed by atoms with E-state index in [1.807, 2.05) is 6.92 Å². The van der Waals surface area contributed by atoms with Crippen molar-refractivity contribution in [3.8, 4) is 0 Å².